The van der Waals surface area contributed by atoms with Crippen LogP contribution in [-0.4, -0.2) is 5.76 Å². The monoisotopic (exact) mass is 308 g/mol. The molecule has 0 fully saturated rings. The van der Waals surface area contributed by atoms with Crippen molar-refractivity contribution in [3.05, 3.63) is 59.4 Å². The summed E-state index contributed by atoms with van der Waals surface area (Å²) in [7, 11) is 0. The molecule has 0 aliphatic heterocycles. The van der Waals surface area contributed by atoms with E-state index in [0.29, 0.717) is 33.5 Å². The fraction of sp³-hybridized carbons (Fsp3) is 0.133. The summed E-state index contributed by atoms with van der Waals surface area (Å²) in [5, 5.41) is 11.9. The zero-order valence-corrected chi connectivity index (χ0v) is 11.6. The molecular formula is C15H11F3N2S. The van der Waals surface area contributed by atoms with Gasteiger partial charge in [-0.2, -0.15) is 14.0 Å². The second-order valence-corrected chi connectivity index (χ2v) is 5.17. The largest absolute Gasteiger partial charge is 0.380 e. The van der Waals surface area contributed by atoms with Gasteiger partial charge in [0.1, 0.15) is 5.82 Å². The molecule has 108 valence electrons. The van der Waals surface area contributed by atoms with Gasteiger partial charge in [0.2, 0.25) is 0 Å². The van der Waals surface area contributed by atoms with Crippen molar-refractivity contribution in [2.75, 3.05) is 5.32 Å². The van der Waals surface area contributed by atoms with Crippen LogP contribution in [0, 0.1) is 17.1 Å². The summed E-state index contributed by atoms with van der Waals surface area (Å²) < 4.78 is 38.2. The highest BCUT2D eigenvalue weighted by molar-refractivity contribution is 7.99. The summed E-state index contributed by atoms with van der Waals surface area (Å²) in [6.45, 7) is 0.182. The number of halogens is 3. The molecule has 0 radical (unpaired) electrons. The third-order valence-corrected chi connectivity index (χ3v) is 3.55. The summed E-state index contributed by atoms with van der Waals surface area (Å²) in [6.07, 6.45) is 0. The van der Waals surface area contributed by atoms with Crippen LogP contribution in [0.2, 0.25) is 0 Å². The summed E-state index contributed by atoms with van der Waals surface area (Å²) in [6, 6.07) is 12.5. The Hall–Kier alpha value is -2.13. The van der Waals surface area contributed by atoms with Gasteiger partial charge in [-0.3, -0.25) is 0 Å². The minimum Gasteiger partial charge on any atom is -0.380 e. The van der Waals surface area contributed by atoms with E-state index >= 15 is 0 Å². The average Bonchev–Trinajstić information content (AvgIpc) is 2.46. The van der Waals surface area contributed by atoms with Gasteiger partial charge in [-0.15, -0.1) is 0 Å². The number of para-hydroxylation sites is 1. The molecule has 2 aromatic carbocycles. The maximum Gasteiger partial charge on any atom is 0.288 e. The van der Waals surface area contributed by atoms with Crippen molar-refractivity contribution in [2.45, 2.75) is 17.2 Å². The Morgan fingerprint density at radius 2 is 1.95 bits per heavy atom. The lowest BCUT2D eigenvalue weighted by Crippen LogP contribution is -2.03. The van der Waals surface area contributed by atoms with Crippen molar-refractivity contribution in [1.82, 2.24) is 0 Å². The number of benzene rings is 2. The van der Waals surface area contributed by atoms with Crippen LogP contribution in [-0.2, 0) is 6.54 Å². The van der Waals surface area contributed by atoms with E-state index in [1.54, 1.807) is 24.3 Å². The number of nitrogens with zero attached hydrogens (tertiary/aromatic N) is 1. The topological polar surface area (TPSA) is 35.8 Å². The van der Waals surface area contributed by atoms with Gasteiger partial charge >= 0.3 is 0 Å². The molecule has 0 saturated heterocycles. The van der Waals surface area contributed by atoms with Gasteiger partial charge in [-0.05, 0) is 35.9 Å². The molecule has 0 saturated carbocycles. The van der Waals surface area contributed by atoms with Crippen molar-refractivity contribution in [1.29, 1.82) is 5.26 Å². The molecule has 2 rings (SSSR count). The minimum atomic E-state index is -2.52. The molecule has 0 amide bonds. The van der Waals surface area contributed by atoms with E-state index in [9.17, 15) is 13.2 Å². The van der Waals surface area contributed by atoms with Gasteiger partial charge in [0, 0.05) is 17.1 Å². The van der Waals surface area contributed by atoms with E-state index < -0.39 is 11.6 Å². The molecule has 0 aliphatic carbocycles. The number of nitrogens with one attached hydrogen (secondary N) is 1. The third kappa shape index (κ3) is 4.17. The normalized spacial score (nSPS) is 10.4. The summed E-state index contributed by atoms with van der Waals surface area (Å²) in [5.41, 5.74) is 1.35. The van der Waals surface area contributed by atoms with Crippen molar-refractivity contribution in [2.24, 2.45) is 0 Å². The Labute approximate surface area is 124 Å². The average molecular weight is 308 g/mol. The molecule has 6 heteroatoms. The van der Waals surface area contributed by atoms with Crippen LogP contribution < -0.4 is 5.32 Å². The van der Waals surface area contributed by atoms with Gasteiger partial charge in [-0.25, -0.2) is 4.39 Å². The lowest BCUT2D eigenvalue weighted by atomic mass is 10.1. The second-order valence-electron chi connectivity index (χ2n) is 4.14. The quantitative estimate of drug-likeness (QED) is 0.818. The minimum absolute atomic E-state index is 0.182. The van der Waals surface area contributed by atoms with Crippen LogP contribution in [0.4, 0.5) is 18.9 Å². The van der Waals surface area contributed by atoms with Crippen LogP contribution in [0.5, 0.6) is 0 Å². The second kappa shape index (κ2) is 7.04. The van der Waals surface area contributed by atoms with Gasteiger partial charge in [0.25, 0.3) is 5.76 Å². The zero-order chi connectivity index (χ0) is 15.2. The molecule has 0 atom stereocenters. The summed E-state index contributed by atoms with van der Waals surface area (Å²) in [4.78, 5) is 0.405. The van der Waals surface area contributed by atoms with Crippen molar-refractivity contribution in [3.63, 3.8) is 0 Å². The van der Waals surface area contributed by atoms with Gasteiger partial charge in [0.15, 0.2) is 0 Å². The first-order chi connectivity index (χ1) is 10.1. The van der Waals surface area contributed by atoms with Crippen LogP contribution in [0.3, 0.4) is 0 Å². The number of hydrogen-bond acceptors (Lipinski definition) is 3. The highest BCUT2D eigenvalue weighted by Gasteiger charge is 2.10. The van der Waals surface area contributed by atoms with Gasteiger partial charge in [0.05, 0.1) is 11.6 Å². The first kappa shape index (κ1) is 15.3. The smallest absolute Gasteiger partial charge is 0.288 e. The lowest BCUT2D eigenvalue weighted by Gasteiger charge is -2.12. The third-order valence-electron chi connectivity index (χ3n) is 2.76. The van der Waals surface area contributed by atoms with Crippen LogP contribution >= 0.6 is 11.8 Å². The van der Waals surface area contributed by atoms with E-state index in [1.165, 1.54) is 18.2 Å². The van der Waals surface area contributed by atoms with Crippen molar-refractivity contribution < 1.29 is 13.2 Å². The van der Waals surface area contributed by atoms with E-state index in [1.807, 2.05) is 6.07 Å². The highest BCUT2D eigenvalue weighted by Crippen LogP contribution is 2.31. The number of nitriles is 1. The van der Waals surface area contributed by atoms with E-state index in [2.05, 4.69) is 5.32 Å². The number of rotatable bonds is 5. The van der Waals surface area contributed by atoms with Gasteiger partial charge < -0.3 is 5.32 Å². The van der Waals surface area contributed by atoms with Crippen molar-refractivity contribution in [3.8, 4) is 6.07 Å². The lowest BCUT2D eigenvalue weighted by molar-refractivity contribution is 0.252. The summed E-state index contributed by atoms with van der Waals surface area (Å²) >= 11 is 0.438. The number of hydrogen-bond donors (Lipinski definition) is 1. The molecule has 0 aliphatic rings. The van der Waals surface area contributed by atoms with E-state index in [0.717, 1.165) is 0 Å². The summed E-state index contributed by atoms with van der Waals surface area (Å²) in [5.74, 6) is -2.96. The first-order valence-electron chi connectivity index (χ1n) is 6.06. The molecule has 2 aromatic rings. The molecule has 21 heavy (non-hydrogen) atoms. The molecule has 0 spiro atoms. The molecule has 2 nitrogen and oxygen atoms in total. The van der Waals surface area contributed by atoms with Crippen LogP contribution in [0.1, 0.15) is 11.1 Å². The Bertz CT molecular complexity index is 668. The van der Waals surface area contributed by atoms with Gasteiger partial charge in [-0.1, -0.05) is 23.9 Å². The predicted octanol–water partition coefficient (Wildman–Crippen LogP) is 4.62. The first-order valence-corrected chi connectivity index (χ1v) is 6.94. The Kier molecular flexibility index (Phi) is 5.12. The Morgan fingerprint density at radius 1 is 1.19 bits per heavy atom. The molecule has 0 aromatic heterocycles. The Balaban J connectivity index is 2.17. The fourth-order valence-electron chi connectivity index (χ4n) is 1.82. The molecule has 0 unspecified atom stereocenters. The van der Waals surface area contributed by atoms with E-state index in [4.69, 9.17) is 5.26 Å². The zero-order valence-electron chi connectivity index (χ0n) is 10.8. The maximum atomic E-state index is 13.2. The molecule has 0 bridgehead atoms. The molecule has 0 heterocycles. The van der Waals surface area contributed by atoms with Crippen molar-refractivity contribution >= 4 is 17.4 Å². The predicted molar refractivity (Wildman–Crippen MR) is 76.7 cm³/mol. The number of thioether (sulfide) groups is 1. The number of alkyl halides is 2. The van der Waals surface area contributed by atoms with E-state index in [-0.39, 0.29) is 6.54 Å². The molecule has 1 N–H and O–H groups in total. The fourth-order valence-corrected chi connectivity index (χ4v) is 2.44. The standard InChI is InChI=1S/C15H11F3N2S/c16-12-6-5-10(8-19)11(7-12)9-20-13-3-1-2-4-14(13)21-15(17)18/h1-7,15,20H,9H2. The Morgan fingerprint density at radius 3 is 2.67 bits per heavy atom. The van der Waals surface area contributed by atoms with Crippen LogP contribution in [0.25, 0.3) is 0 Å². The molecular weight excluding hydrogens is 297 g/mol. The number of anilines is 1. The van der Waals surface area contributed by atoms with Crippen LogP contribution in [0.15, 0.2) is 47.4 Å². The SMILES string of the molecule is N#Cc1ccc(F)cc1CNc1ccccc1SC(F)F. The highest BCUT2D eigenvalue weighted by atomic mass is 32.2. The maximum absolute atomic E-state index is 13.2.